The fraction of sp³-hybridized carbons (Fsp3) is 0.471. The van der Waals surface area contributed by atoms with E-state index in [9.17, 15) is 4.79 Å². The second-order valence-electron chi connectivity index (χ2n) is 6.40. The summed E-state index contributed by atoms with van der Waals surface area (Å²) >= 11 is 6.22. The zero-order valence-electron chi connectivity index (χ0n) is 13.5. The van der Waals surface area contributed by atoms with Gasteiger partial charge < -0.3 is 9.64 Å². The maximum Gasteiger partial charge on any atom is 0.274 e. The zero-order chi connectivity index (χ0) is 16.7. The van der Waals surface area contributed by atoms with E-state index in [2.05, 4.69) is 15.2 Å². The van der Waals surface area contributed by atoms with E-state index in [0.717, 1.165) is 31.2 Å². The molecule has 1 N–H and O–H groups in total. The van der Waals surface area contributed by atoms with Crippen LogP contribution in [-0.2, 0) is 0 Å². The molecular weight excluding hydrogens is 328 g/mol. The topological polar surface area (TPSA) is 71.1 Å². The minimum Gasteiger partial charge on any atom is -0.481 e. The first-order valence-corrected chi connectivity index (χ1v) is 8.63. The standard InChI is InChI=1S/C17H19ClN4O2/c1-24-16-7-12(13(18)9-19-16)14-8-15(21-20-14)17(23)22-10-3-2-4-11(22)6-5-10/h7-11H,2-6H2,1H3,(H,20,21)/t10-,11+. The number of aromatic nitrogens is 3. The van der Waals surface area contributed by atoms with Crippen LogP contribution in [-0.4, -0.2) is 45.2 Å². The molecule has 7 heteroatoms. The van der Waals surface area contributed by atoms with Gasteiger partial charge in [0.2, 0.25) is 5.88 Å². The Morgan fingerprint density at radius 3 is 2.75 bits per heavy atom. The first-order valence-electron chi connectivity index (χ1n) is 8.25. The average Bonchev–Trinajstić information content (AvgIpc) is 3.18. The van der Waals surface area contributed by atoms with Gasteiger partial charge >= 0.3 is 0 Å². The third-order valence-corrected chi connectivity index (χ3v) is 5.36. The van der Waals surface area contributed by atoms with Crippen molar-refractivity contribution >= 4 is 17.5 Å². The third-order valence-electron chi connectivity index (χ3n) is 5.06. The number of fused-ring (bicyclic) bond motifs is 2. The highest BCUT2D eigenvalue weighted by atomic mass is 35.5. The molecule has 0 aromatic carbocycles. The van der Waals surface area contributed by atoms with Crippen LogP contribution in [0.1, 0.15) is 42.6 Å². The molecule has 6 nitrogen and oxygen atoms in total. The summed E-state index contributed by atoms with van der Waals surface area (Å²) in [7, 11) is 1.55. The number of methoxy groups -OCH3 is 1. The molecule has 2 bridgehead atoms. The van der Waals surface area contributed by atoms with Crippen molar-refractivity contribution in [2.75, 3.05) is 7.11 Å². The van der Waals surface area contributed by atoms with Crippen molar-refractivity contribution in [3.8, 4) is 17.1 Å². The van der Waals surface area contributed by atoms with Gasteiger partial charge in [0.1, 0.15) is 0 Å². The lowest BCUT2D eigenvalue weighted by Crippen LogP contribution is -2.44. The molecule has 4 rings (SSSR count). The van der Waals surface area contributed by atoms with Gasteiger partial charge in [-0.15, -0.1) is 0 Å². The molecule has 0 spiro atoms. The molecule has 2 saturated heterocycles. The van der Waals surface area contributed by atoms with Gasteiger partial charge in [0.05, 0.1) is 24.0 Å². The highest BCUT2D eigenvalue weighted by Crippen LogP contribution is 2.37. The lowest BCUT2D eigenvalue weighted by Gasteiger charge is -2.34. The first-order chi connectivity index (χ1) is 11.7. The van der Waals surface area contributed by atoms with E-state index in [1.807, 2.05) is 4.90 Å². The fourth-order valence-electron chi connectivity index (χ4n) is 3.89. The van der Waals surface area contributed by atoms with Crippen molar-refractivity contribution in [3.63, 3.8) is 0 Å². The van der Waals surface area contributed by atoms with Gasteiger partial charge in [0, 0.05) is 23.7 Å². The molecule has 4 heterocycles. The fourth-order valence-corrected chi connectivity index (χ4v) is 4.09. The van der Waals surface area contributed by atoms with E-state index in [-0.39, 0.29) is 5.91 Å². The maximum atomic E-state index is 12.9. The Morgan fingerprint density at radius 1 is 1.29 bits per heavy atom. The number of H-pyrrole nitrogens is 1. The Morgan fingerprint density at radius 2 is 2.04 bits per heavy atom. The predicted molar refractivity (Wildman–Crippen MR) is 90.2 cm³/mol. The summed E-state index contributed by atoms with van der Waals surface area (Å²) < 4.78 is 5.14. The molecule has 1 amide bonds. The van der Waals surface area contributed by atoms with Crippen molar-refractivity contribution < 1.29 is 9.53 Å². The number of halogens is 1. The highest BCUT2D eigenvalue weighted by molar-refractivity contribution is 6.33. The van der Waals surface area contributed by atoms with E-state index in [4.69, 9.17) is 16.3 Å². The van der Waals surface area contributed by atoms with Gasteiger partial charge in [0.25, 0.3) is 5.91 Å². The molecule has 0 aliphatic carbocycles. The largest absolute Gasteiger partial charge is 0.481 e. The van der Waals surface area contributed by atoms with Crippen LogP contribution >= 0.6 is 11.6 Å². The second-order valence-corrected chi connectivity index (χ2v) is 6.81. The predicted octanol–water partition coefficient (Wildman–Crippen LogP) is 3.29. The maximum absolute atomic E-state index is 12.9. The monoisotopic (exact) mass is 346 g/mol. The first kappa shape index (κ1) is 15.4. The second kappa shape index (κ2) is 6.09. The zero-order valence-corrected chi connectivity index (χ0v) is 14.2. The van der Waals surface area contributed by atoms with Crippen LogP contribution in [0.15, 0.2) is 18.3 Å². The molecule has 2 aliphatic heterocycles. The summed E-state index contributed by atoms with van der Waals surface area (Å²) in [5.74, 6) is 0.479. The molecule has 2 aromatic rings. The van der Waals surface area contributed by atoms with E-state index in [0.29, 0.717) is 34.4 Å². The summed E-state index contributed by atoms with van der Waals surface area (Å²) in [4.78, 5) is 19.0. The number of hydrogen-bond acceptors (Lipinski definition) is 4. The average molecular weight is 347 g/mol. The van der Waals surface area contributed by atoms with Crippen LogP contribution in [0.25, 0.3) is 11.3 Å². The minimum atomic E-state index is 0.0156. The van der Waals surface area contributed by atoms with Crippen LogP contribution in [0.4, 0.5) is 0 Å². The van der Waals surface area contributed by atoms with Gasteiger partial charge in [-0.1, -0.05) is 11.6 Å². The number of amides is 1. The Bertz CT molecular complexity index is 760. The SMILES string of the molecule is COc1cc(-c2cc(C(=O)N3[C@@H]4CCC[C@H]3CC4)n[nH]2)c(Cl)cn1. The van der Waals surface area contributed by atoms with E-state index >= 15 is 0 Å². The summed E-state index contributed by atoms with van der Waals surface area (Å²) in [6.07, 6.45) is 7.18. The molecule has 0 unspecified atom stereocenters. The molecule has 24 heavy (non-hydrogen) atoms. The molecule has 2 aliphatic rings. The Balaban J connectivity index is 1.62. The van der Waals surface area contributed by atoms with Gasteiger partial charge in [-0.25, -0.2) is 4.98 Å². The van der Waals surface area contributed by atoms with Gasteiger partial charge in [0.15, 0.2) is 5.69 Å². The summed E-state index contributed by atoms with van der Waals surface area (Å²) in [6, 6.07) is 4.24. The smallest absolute Gasteiger partial charge is 0.274 e. The molecule has 0 radical (unpaired) electrons. The van der Waals surface area contributed by atoms with Crippen molar-refractivity contribution in [1.29, 1.82) is 0 Å². The number of nitrogens with one attached hydrogen (secondary N) is 1. The normalized spacial score (nSPS) is 22.7. The number of nitrogens with zero attached hydrogens (tertiary/aromatic N) is 3. The van der Waals surface area contributed by atoms with Crippen LogP contribution in [0.2, 0.25) is 5.02 Å². The van der Waals surface area contributed by atoms with E-state index in [1.54, 1.807) is 19.2 Å². The Labute approximate surface area is 145 Å². The highest BCUT2D eigenvalue weighted by Gasteiger charge is 2.40. The molecule has 2 aromatic heterocycles. The molecule has 2 atom stereocenters. The number of rotatable bonds is 3. The van der Waals surface area contributed by atoms with Crippen molar-refractivity contribution in [1.82, 2.24) is 20.1 Å². The van der Waals surface area contributed by atoms with Crippen LogP contribution < -0.4 is 4.74 Å². The lowest BCUT2D eigenvalue weighted by molar-refractivity contribution is 0.0589. The van der Waals surface area contributed by atoms with Crippen molar-refractivity contribution in [2.24, 2.45) is 0 Å². The van der Waals surface area contributed by atoms with Crippen molar-refractivity contribution in [2.45, 2.75) is 44.2 Å². The number of carbonyl (C=O) groups excluding carboxylic acids is 1. The van der Waals surface area contributed by atoms with E-state index in [1.165, 1.54) is 12.6 Å². The van der Waals surface area contributed by atoms with Crippen molar-refractivity contribution in [3.05, 3.63) is 29.0 Å². The van der Waals surface area contributed by atoms with Crippen LogP contribution in [0, 0.1) is 0 Å². The quantitative estimate of drug-likeness (QED) is 0.925. The summed E-state index contributed by atoms with van der Waals surface area (Å²) in [6.45, 7) is 0. The Kier molecular flexibility index (Phi) is 3.92. The minimum absolute atomic E-state index is 0.0156. The number of ether oxygens (including phenoxy) is 1. The number of pyridine rings is 1. The lowest BCUT2D eigenvalue weighted by atomic mass is 10.0. The van der Waals surface area contributed by atoms with Gasteiger partial charge in [-0.2, -0.15) is 5.10 Å². The number of hydrogen-bond donors (Lipinski definition) is 1. The van der Waals surface area contributed by atoms with E-state index < -0.39 is 0 Å². The van der Waals surface area contributed by atoms with Gasteiger partial charge in [-0.05, 0) is 38.2 Å². The number of aromatic amines is 1. The van der Waals surface area contributed by atoms with Gasteiger partial charge in [-0.3, -0.25) is 9.89 Å². The molecule has 126 valence electrons. The third kappa shape index (κ3) is 2.55. The summed E-state index contributed by atoms with van der Waals surface area (Å²) in [5.41, 5.74) is 1.85. The Hall–Kier alpha value is -2.08. The molecule has 2 fully saturated rings. The number of carbonyl (C=O) groups is 1. The summed E-state index contributed by atoms with van der Waals surface area (Å²) in [5, 5.41) is 7.63. The molecule has 0 saturated carbocycles. The number of piperidine rings is 1. The van der Waals surface area contributed by atoms with Crippen LogP contribution in [0.5, 0.6) is 5.88 Å². The van der Waals surface area contributed by atoms with Crippen LogP contribution in [0.3, 0.4) is 0 Å². The molecular formula is C17H19ClN4O2.